The first-order valence-corrected chi connectivity index (χ1v) is 10.9. The van der Waals surface area contributed by atoms with Gasteiger partial charge in [0.2, 0.25) is 10.0 Å². The highest BCUT2D eigenvalue weighted by Gasteiger charge is 2.28. The average Bonchev–Trinajstić information content (AvgIpc) is 2.69. The van der Waals surface area contributed by atoms with Gasteiger partial charge in [-0.2, -0.15) is 4.31 Å². The Balaban J connectivity index is 1.52. The van der Waals surface area contributed by atoms with Gasteiger partial charge in [0.15, 0.2) is 0 Å². The molecule has 0 saturated carbocycles. The Bertz CT molecular complexity index is 845. The minimum absolute atomic E-state index is 0.346. The summed E-state index contributed by atoms with van der Waals surface area (Å²) < 4.78 is 32.6. The molecule has 5 nitrogen and oxygen atoms in total. The molecule has 0 atom stereocenters. The van der Waals surface area contributed by atoms with Crippen molar-refractivity contribution in [2.24, 2.45) is 0 Å². The minimum Gasteiger partial charge on any atom is -0.496 e. The topological polar surface area (TPSA) is 49.9 Å². The van der Waals surface area contributed by atoms with Crippen molar-refractivity contribution >= 4 is 10.0 Å². The van der Waals surface area contributed by atoms with Crippen LogP contribution in [0, 0.1) is 6.92 Å². The highest BCUT2D eigenvalue weighted by atomic mass is 32.2. The number of benzene rings is 2. The molecule has 3 rings (SSSR count). The molecule has 6 heteroatoms. The number of hydrogen-bond donors (Lipinski definition) is 0. The van der Waals surface area contributed by atoms with Crippen molar-refractivity contribution in [3.8, 4) is 5.75 Å². The summed E-state index contributed by atoms with van der Waals surface area (Å²) in [5, 5.41) is 0. The Hall–Kier alpha value is -1.89. The second-order valence-corrected chi connectivity index (χ2v) is 8.90. The van der Waals surface area contributed by atoms with Gasteiger partial charge in [0, 0.05) is 26.2 Å². The maximum atomic E-state index is 12.9. The third-order valence-electron chi connectivity index (χ3n) is 5.12. The zero-order chi connectivity index (χ0) is 19.3. The SMILES string of the molecule is COc1ccc(S(=O)(=O)N2CCN(CCCc3ccccc3)CC2)cc1C. The lowest BCUT2D eigenvalue weighted by Gasteiger charge is -2.34. The molecule has 1 aliphatic rings. The van der Waals surface area contributed by atoms with Crippen molar-refractivity contribution in [1.29, 1.82) is 0 Å². The third-order valence-corrected chi connectivity index (χ3v) is 7.01. The summed E-state index contributed by atoms with van der Waals surface area (Å²) in [4.78, 5) is 2.70. The Morgan fingerprint density at radius 3 is 2.33 bits per heavy atom. The van der Waals surface area contributed by atoms with Crippen LogP contribution >= 0.6 is 0 Å². The predicted molar refractivity (Wildman–Crippen MR) is 108 cm³/mol. The lowest BCUT2D eigenvalue weighted by molar-refractivity contribution is 0.187. The van der Waals surface area contributed by atoms with Gasteiger partial charge in [-0.1, -0.05) is 30.3 Å². The van der Waals surface area contributed by atoms with Crippen molar-refractivity contribution in [3.63, 3.8) is 0 Å². The van der Waals surface area contributed by atoms with E-state index in [2.05, 4.69) is 29.2 Å². The second kappa shape index (κ2) is 8.87. The largest absolute Gasteiger partial charge is 0.496 e. The molecule has 0 amide bonds. The summed E-state index contributed by atoms with van der Waals surface area (Å²) >= 11 is 0. The van der Waals surface area contributed by atoms with Crippen LogP contribution in [0.5, 0.6) is 5.75 Å². The molecule has 1 aliphatic heterocycles. The molecule has 0 unspecified atom stereocenters. The van der Waals surface area contributed by atoms with Gasteiger partial charge in [-0.3, -0.25) is 0 Å². The molecular formula is C21H28N2O3S. The maximum Gasteiger partial charge on any atom is 0.243 e. The number of ether oxygens (including phenoxy) is 1. The van der Waals surface area contributed by atoms with Crippen LogP contribution in [0.15, 0.2) is 53.4 Å². The second-order valence-electron chi connectivity index (χ2n) is 6.97. The van der Waals surface area contributed by atoms with Crippen LogP contribution in [0.3, 0.4) is 0 Å². The molecule has 0 aliphatic carbocycles. The number of rotatable bonds is 7. The highest BCUT2D eigenvalue weighted by molar-refractivity contribution is 7.89. The third kappa shape index (κ3) is 4.89. The fourth-order valence-corrected chi connectivity index (χ4v) is 5.01. The first-order valence-electron chi connectivity index (χ1n) is 9.42. The molecular weight excluding hydrogens is 360 g/mol. The molecule has 146 valence electrons. The van der Waals surface area contributed by atoms with Gasteiger partial charge < -0.3 is 9.64 Å². The van der Waals surface area contributed by atoms with Crippen LogP contribution in [0.2, 0.25) is 0 Å². The monoisotopic (exact) mass is 388 g/mol. The number of piperazine rings is 1. The summed E-state index contributed by atoms with van der Waals surface area (Å²) in [5.74, 6) is 0.706. The molecule has 0 radical (unpaired) electrons. The van der Waals surface area contributed by atoms with Crippen LogP contribution in [0.4, 0.5) is 0 Å². The van der Waals surface area contributed by atoms with Crippen LogP contribution in [-0.4, -0.2) is 57.5 Å². The van der Waals surface area contributed by atoms with E-state index < -0.39 is 10.0 Å². The fraction of sp³-hybridized carbons (Fsp3) is 0.429. The van der Waals surface area contributed by atoms with Crippen LogP contribution in [-0.2, 0) is 16.4 Å². The Morgan fingerprint density at radius 1 is 1.00 bits per heavy atom. The van der Waals surface area contributed by atoms with Crippen LogP contribution in [0.25, 0.3) is 0 Å². The van der Waals surface area contributed by atoms with Gasteiger partial charge in [0.05, 0.1) is 12.0 Å². The number of nitrogens with zero attached hydrogens (tertiary/aromatic N) is 2. The zero-order valence-electron chi connectivity index (χ0n) is 16.1. The van der Waals surface area contributed by atoms with Gasteiger partial charge in [0.25, 0.3) is 0 Å². The highest BCUT2D eigenvalue weighted by Crippen LogP contribution is 2.24. The number of methoxy groups -OCH3 is 1. The summed E-state index contributed by atoms with van der Waals surface area (Å²) in [6.07, 6.45) is 2.15. The van der Waals surface area contributed by atoms with Crippen molar-refractivity contribution in [2.75, 3.05) is 39.8 Å². The zero-order valence-corrected chi connectivity index (χ0v) is 16.9. The molecule has 0 aromatic heterocycles. The summed E-state index contributed by atoms with van der Waals surface area (Å²) in [5.41, 5.74) is 2.19. The molecule has 27 heavy (non-hydrogen) atoms. The van der Waals surface area contributed by atoms with E-state index in [-0.39, 0.29) is 0 Å². The smallest absolute Gasteiger partial charge is 0.243 e. The fourth-order valence-electron chi connectivity index (χ4n) is 3.51. The average molecular weight is 389 g/mol. The lowest BCUT2D eigenvalue weighted by atomic mass is 10.1. The van der Waals surface area contributed by atoms with Crippen LogP contribution in [0.1, 0.15) is 17.5 Å². The van der Waals surface area contributed by atoms with Crippen molar-refractivity contribution in [2.45, 2.75) is 24.7 Å². The van der Waals surface area contributed by atoms with Gasteiger partial charge in [-0.15, -0.1) is 0 Å². The van der Waals surface area contributed by atoms with Gasteiger partial charge in [-0.05, 0) is 55.6 Å². The number of aryl methyl sites for hydroxylation is 2. The van der Waals surface area contributed by atoms with E-state index in [1.807, 2.05) is 13.0 Å². The molecule has 2 aromatic rings. The number of sulfonamides is 1. The summed E-state index contributed by atoms with van der Waals surface area (Å²) in [7, 11) is -1.85. The maximum absolute atomic E-state index is 12.9. The molecule has 1 fully saturated rings. The molecule has 0 bridgehead atoms. The summed E-state index contributed by atoms with van der Waals surface area (Å²) in [6.45, 7) is 5.51. The van der Waals surface area contributed by atoms with Crippen LogP contribution < -0.4 is 4.74 Å². The van der Waals surface area contributed by atoms with Gasteiger partial charge in [0.1, 0.15) is 5.75 Å². The molecule has 0 spiro atoms. The van der Waals surface area contributed by atoms with E-state index in [0.29, 0.717) is 23.7 Å². The van der Waals surface area contributed by atoms with Crippen molar-refractivity contribution in [1.82, 2.24) is 9.21 Å². The Labute approximate surface area is 162 Å². The van der Waals surface area contributed by atoms with E-state index in [9.17, 15) is 8.42 Å². The number of hydrogen-bond acceptors (Lipinski definition) is 4. The van der Waals surface area contributed by atoms with Crippen molar-refractivity contribution in [3.05, 3.63) is 59.7 Å². The lowest BCUT2D eigenvalue weighted by Crippen LogP contribution is -2.48. The van der Waals surface area contributed by atoms with Crippen molar-refractivity contribution < 1.29 is 13.2 Å². The van der Waals surface area contributed by atoms with Gasteiger partial charge in [-0.25, -0.2) is 8.42 Å². The Morgan fingerprint density at radius 2 is 1.70 bits per heavy atom. The quantitative estimate of drug-likeness (QED) is 0.732. The first-order chi connectivity index (χ1) is 13.0. The first kappa shape index (κ1) is 19.9. The van der Waals surface area contributed by atoms with E-state index >= 15 is 0 Å². The summed E-state index contributed by atoms with van der Waals surface area (Å²) in [6, 6.07) is 15.5. The van der Waals surface area contributed by atoms with E-state index in [1.54, 1.807) is 29.6 Å². The molecule has 0 N–H and O–H groups in total. The van der Waals surface area contributed by atoms with E-state index in [0.717, 1.165) is 38.0 Å². The van der Waals surface area contributed by atoms with E-state index in [1.165, 1.54) is 5.56 Å². The normalized spacial score (nSPS) is 16.4. The van der Waals surface area contributed by atoms with E-state index in [4.69, 9.17) is 4.74 Å². The molecule has 1 saturated heterocycles. The minimum atomic E-state index is -3.45. The van der Waals surface area contributed by atoms with Gasteiger partial charge >= 0.3 is 0 Å². The molecule has 2 aromatic carbocycles. The Kier molecular flexibility index (Phi) is 6.52. The predicted octanol–water partition coefficient (Wildman–Crippen LogP) is 2.94. The molecule has 1 heterocycles. The standard InChI is InChI=1S/C21H28N2O3S/c1-18-17-20(10-11-21(18)26-2)27(24,25)23-15-13-22(14-16-23)12-6-9-19-7-4-3-5-8-19/h3-5,7-8,10-11,17H,6,9,12-16H2,1-2H3.